The highest BCUT2D eigenvalue weighted by Crippen LogP contribution is 2.33. The zero-order chi connectivity index (χ0) is 19.5. The predicted molar refractivity (Wildman–Crippen MR) is 113 cm³/mol. The van der Waals surface area contributed by atoms with E-state index < -0.39 is 0 Å². The summed E-state index contributed by atoms with van der Waals surface area (Å²) in [5.74, 6) is 2.04. The summed E-state index contributed by atoms with van der Waals surface area (Å²) in [5, 5.41) is 7.05. The molecular weight excluding hydrogens is 350 g/mol. The summed E-state index contributed by atoms with van der Waals surface area (Å²) in [4.78, 5) is 8.82. The summed E-state index contributed by atoms with van der Waals surface area (Å²) < 4.78 is 5.90. The Bertz CT molecular complexity index is 900. The van der Waals surface area contributed by atoms with Crippen molar-refractivity contribution in [2.45, 2.75) is 38.9 Å². The summed E-state index contributed by atoms with van der Waals surface area (Å²) in [7, 11) is 0. The third-order valence-corrected chi connectivity index (χ3v) is 5.28. The molecule has 28 heavy (non-hydrogen) atoms. The smallest absolute Gasteiger partial charge is 0.154 e. The number of nitrogens with zero attached hydrogens (tertiary/aromatic N) is 4. The summed E-state index contributed by atoms with van der Waals surface area (Å²) in [6.45, 7) is 4.35. The maximum Gasteiger partial charge on any atom is 0.154 e. The van der Waals surface area contributed by atoms with Crippen molar-refractivity contribution in [2.75, 3.05) is 0 Å². The molecule has 2 aromatic rings. The summed E-state index contributed by atoms with van der Waals surface area (Å²) in [5.41, 5.74) is 8.18. The van der Waals surface area contributed by atoms with Crippen LogP contribution < -0.4 is 10.5 Å². The van der Waals surface area contributed by atoms with Gasteiger partial charge in [0, 0.05) is 6.04 Å². The molecule has 6 nitrogen and oxygen atoms in total. The molecule has 0 bridgehead atoms. The molecule has 6 heteroatoms. The van der Waals surface area contributed by atoms with E-state index in [1.807, 2.05) is 54.6 Å². The van der Waals surface area contributed by atoms with Crippen LogP contribution >= 0.6 is 0 Å². The molecule has 0 spiro atoms. The molecule has 0 saturated heterocycles. The fourth-order valence-electron chi connectivity index (χ4n) is 3.75. The summed E-state index contributed by atoms with van der Waals surface area (Å²) >= 11 is 0. The van der Waals surface area contributed by atoms with Crippen LogP contribution in [0.5, 0.6) is 11.5 Å². The van der Waals surface area contributed by atoms with Crippen molar-refractivity contribution < 1.29 is 4.74 Å². The highest BCUT2D eigenvalue weighted by atomic mass is 16.5. The molecule has 2 aliphatic heterocycles. The molecule has 2 N–H and O–H groups in total. The lowest BCUT2D eigenvalue weighted by Crippen LogP contribution is -2.45. The molecule has 0 aliphatic carbocycles. The van der Waals surface area contributed by atoms with Gasteiger partial charge < -0.3 is 10.5 Å². The van der Waals surface area contributed by atoms with Gasteiger partial charge in [-0.15, -0.1) is 0 Å². The van der Waals surface area contributed by atoms with Crippen LogP contribution in [0.4, 0.5) is 0 Å². The van der Waals surface area contributed by atoms with Crippen molar-refractivity contribution in [1.82, 2.24) is 5.01 Å². The maximum absolute atomic E-state index is 6.25. The van der Waals surface area contributed by atoms with E-state index in [0.717, 1.165) is 35.6 Å². The van der Waals surface area contributed by atoms with Crippen molar-refractivity contribution in [3.8, 4) is 11.5 Å². The number of hydrogen-bond acceptors (Lipinski definition) is 6. The van der Waals surface area contributed by atoms with Gasteiger partial charge in [0.1, 0.15) is 29.6 Å². The minimum atomic E-state index is -0.119. The Kier molecular flexibility index (Phi) is 5.10. The molecule has 4 rings (SSSR count). The van der Waals surface area contributed by atoms with Crippen LogP contribution in [0.3, 0.4) is 0 Å². The molecule has 0 aromatic heterocycles. The van der Waals surface area contributed by atoms with Crippen LogP contribution in [0.1, 0.15) is 32.3 Å². The Morgan fingerprint density at radius 2 is 1.68 bits per heavy atom. The van der Waals surface area contributed by atoms with Gasteiger partial charge in [0.25, 0.3) is 0 Å². The number of ether oxygens (including phenoxy) is 1. The maximum atomic E-state index is 6.25. The number of hydrogen-bond donors (Lipinski definition) is 1. The van der Waals surface area contributed by atoms with E-state index >= 15 is 0 Å². The minimum absolute atomic E-state index is 0.113. The van der Waals surface area contributed by atoms with Gasteiger partial charge >= 0.3 is 0 Å². The van der Waals surface area contributed by atoms with E-state index in [2.05, 4.69) is 28.8 Å². The second-order valence-corrected chi connectivity index (χ2v) is 6.98. The first-order valence-corrected chi connectivity index (χ1v) is 9.76. The van der Waals surface area contributed by atoms with Crippen LogP contribution in [0, 0.1) is 5.92 Å². The average Bonchev–Trinajstić information content (AvgIpc) is 3.11. The Morgan fingerprint density at radius 1 is 1.00 bits per heavy atom. The second kappa shape index (κ2) is 7.84. The number of nitrogens with two attached hydrogens (primary N) is 1. The molecule has 2 atom stereocenters. The fraction of sp³-hybridized carbons (Fsp3) is 0.318. The van der Waals surface area contributed by atoms with Crippen molar-refractivity contribution in [3.05, 3.63) is 60.2 Å². The third-order valence-electron chi connectivity index (χ3n) is 5.28. The molecule has 2 heterocycles. The third kappa shape index (κ3) is 3.38. The van der Waals surface area contributed by atoms with Gasteiger partial charge in [0.15, 0.2) is 6.17 Å². The van der Waals surface area contributed by atoms with E-state index in [4.69, 9.17) is 15.6 Å². The molecule has 0 fully saturated rings. The largest absolute Gasteiger partial charge is 0.457 e. The molecule has 2 aliphatic rings. The SMILES string of the molecule is CCC(CC)N1N=C(c2ccc(Oc3ccccc3)cc2)C2C(N)=NC=NC21. The monoisotopic (exact) mass is 375 g/mol. The molecule has 0 amide bonds. The summed E-state index contributed by atoms with van der Waals surface area (Å²) in [6, 6.07) is 18.0. The predicted octanol–water partition coefficient (Wildman–Crippen LogP) is 4.03. The lowest BCUT2D eigenvalue weighted by Gasteiger charge is -2.31. The number of amidine groups is 1. The van der Waals surface area contributed by atoms with Crippen LogP contribution in [0.2, 0.25) is 0 Å². The lowest BCUT2D eigenvalue weighted by atomic mass is 9.93. The topological polar surface area (TPSA) is 75.6 Å². The van der Waals surface area contributed by atoms with E-state index in [1.54, 1.807) is 6.34 Å². The number of fused-ring (bicyclic) bond motifs is 1. The van der Waals surface area contributed by atoms with Gasteiger partial charge in [-0.2, -0.15) is 5.10 Å². The first-order valence-electron chi connectivity index (χ1n) is 9.76. The van der Waals surface area contributed by atoms with Gasteiger partial charge in [-0.25, -0.2) is 9.98 Å². The van der Waals surface area contributed by atoms with Crippen molar-refractivity contribution in [2.24, 2.45) is 26.7 Å². The van der Waals surface area contributed by atoms with Crippen LogP contribution in [-0.2, 0) is 0 Å². The number of hydrazone groups is 1. The standard InChI is InChI=1S/C22H25N5O/c1-3-16(4-2)27-22-19(21(23)24-14-25-22)20(26-27)15-10-12-18(13-11-15)28-17-8-6-5-7-9-17/h5-14,16,19,22H,3-4H2,1-2H3,(H2,23,24,25). The molecule has 2 unspecified atom stereocenters. The molecular formula is C22H25N5O. The first kappa shape index (κ1) is 18.2. The number of benzene rings is 2. The lowest BCUT2D eigenvalue weighted by molar-refractivity contribution is 0.146. The van der Waals surface area contributed by atoms with E-state index in [1.165, 1.54) is 0 Å². The average molecular weight is 375 g/mol. The van der Waals surface area contributed by atoms with Crippen LogP contribution in [-0.4, -0.2) is 35.1 Å². The Morgan fingerprint density at radius 3 is 2.36 bits per heavy atom. The first-order chi connectivity index (χ1) is 13.7. The van der Waals surface area contributed by atoms with Crippen LogP contribution in [0.25, 0.3) is 0 Å². The number of aliphatic imine (C=N–C) groups is 2. The Balaban J connectivity index is 1.62. The van der Waals surface area contributed by atoms with Gasteiger partial charge in [0.05, 0.1) is 5.71 Å². The summed E-state index contributed by atoms with van der Waals surface area (Å²) in [6.07, 6.45) is 3.46. The van der Waals surface area contributed by atoms with Crippen molar-refractivity contribution in [3.63, 3.8) is 0 Å². The van der Waals surface area contributed by atoms with E-state index in [-0.39, 0.29) is 12.1 Å². The molecule has 0 saturated carbocycles. The highest BCUT2D eigenvalue weighted by molar-refractivity contribution is 6.17. The minimum Gasteiger partial charge on any atom is -0.457 e. The Hall–Kier alpha value is -3.15. The Labute approximate surface area is 165 Å². The zero-order valence-electron chi connectivity index (χ0n) is 16.2. The van der Waals surface area contributed by atoms with Gasteiger partial charge in [-0.1, -0.05) is 32.0 Å². The second-order valence-electron chi connectivity index (χ2n) is 6.98. The van der Waals surface area contributed by atoms with Crippen LogP contribution in [0.15, 0.2) is 69.7 Å². The number of rotatable bonds is 6. The van der Waals surface area contributed by atoms with Crippen molar-refractivity contribution >= 4 is 17.9 Å². The normalized spacial score (nSPS) is 20.8. The zero-order valence-corrected chi connectivity index (χ0v) is 16.2. The van der Waals surface area contributed by atoms with Gasteiger partial charge in [-0.05, 0) is 54.8 Å². The quantitative estimate of drug-likeness (QED) is 0.828. The fourth-order valence-corrected chi connectivity index (χ4v) is 3.75. The molecule has 2 aromatic carbocycles. The molecule has 0 radical (unpaired) electrons. The van der Waals surface area contributed by atoms with Gasteiger partial charge in [0.2, 0.25) is 0 Å². The van der Waals surface area contributed by atoms with E-state index in [0.29, 0.717) is 11.9 Å². The van der Waals surface area contributed by atoms with Crippen molar-refractivity contribution in [1.29, 1.82) is 0 Å². The highest BCUT2D eigenvalue weighted by Gasteiger charge is 2.43. The molecule has 144 valence electrons. The number of para-hydroxylation sites is 1. The van der Waals surface area contributed by atoms with E-state index in [9.17, 15) is 0 Å². The van der Waals surface area contributed by atoms with Gasteiger partial charge in [-0.3, -0.25) is 5.01 Å².